The summed E-state index contributed by atoms with van der Waals surface area (Å²) in [4.78, 5) is 4.94. The van der Waals surface area contributed by atoms with E-state index in [2.05, 4.69) is 16.5 Å². The van der Waals surface area contributed by atoms with Crippen LogP contribution >= 0.6 is 0 Å². The van der Waals surface area contributed by atoms with Crippen molar-refractivity contribution in [2.24, 2.45) is 5.92 Å². The van der Waals surface area contributed by atoms with Crippen molar-refractivity contribution >= 4 is 17.2 Å². The van der Waals surface area contributed by atoms with E-state index in [4.69, 9.17) is 33.4 Å². The molecular formula is C36H35N5O6. The molecule has 0 radical (unpaired) electrons. The highest BCUT2D eigenvalue weighted by Crippen LogP contribution is 2.40. The van der Waals surface area contributed by atoms with Crippen LogP contribution in [0.5, 0.6) is 5.75 Å². The molecule has 11 heteroatoms. The van der Waals surface area contributed by atoms with Crippen molar-refractivity contribution in [3.05, 3.63) is 120 Å². The molecule has 0 bridgehead atoms. The minimum atomic E-state index is -0.654. The predicted octanol–water partition coefficient (Wildman–Crippen LogP) is 5.58. The van der Waals surface area contributed by atoms with Gasteiger partial charge in [-0.1, -0.05) is 60.7 Å². The second-order valence-corrected chi connectivity index (χ2v) is 11.5. The number of hydrogen-bond donors (Lipinski definition) is 1. The molecule has 47 heavy (non-hydrogen) atoms. The zero-order chi connectivity index (χ0) is 32.2. The minimum Gasteiger partial charge on any atom is -0.497 e. The summed E-state index contributed by atoms with van der Waals surface area (Å²) in [7, 11) is 3.23. The Bertz CT molecular complexity index is 1820. The van der Waals surface area contributed by atoms with Gasteiger partial charge >= 0.3 is 0 Å². The smallest absolute Gasteiger partial charge is 0.184 e. The topological polar surface area (TPSA) is 121 Å². The number of benzene rings is 3. The normalized spacial score (nSPS) is 23.9. The molecule has 0 amide bonds. The summed E-state index contributed by atoms with van der Waals surface area (Å²) in [6.07, 6.45) is -0.166. The summed E-state index contributed by atoms with van der Waals surface area (Å²) in [5.74, 6) is 0.923. The summed E-state index contributed by atoms with van der Waals surface area (Å²) in [5.41, 5.74) is 4.27. The van der Waals surface area contributed by atoms with Crippen molar-refractivity contribution in [2.45, 2.75) is 43.9 Å². The average Bonchev–Trinajstić information content (AvgIpc) is 3.47. The molecule has 0 unspecified atom stereocenters. The molecule has 4 heterocycles. The van der Waals surface area contributed by atoms with Gasteiger partial charge in [-0.3, -0.25) is 0 Å². The first kappa shape index (κ1) is 30.8. The van der Waals surface area contributed by atoms with Crippen LogP contribution in [0.15, 0.2) is 97.2 Å². The monoisotopic (exact) mass is 633 g/mol. The second-order valence-electron chi connectivity index (χ2n) is 11.5. The molecule has 240 valence electrons. The summed E-state index contributed by atoms with van der Waals surface area (Å²) in [6.45, 7) is 0.704. The van der Waals surface area contributed by atoms with Crippen molar-refractivity contribution in [2.75, 3.05) is 26.1 Å². The van der Waals surface area contributed by atoms with Crippen molar-refractivity contribution in [1.82, 2.24) is 14.6 Å². The largest absolute Gasteiger partial charge is 0.497 e. The Morgan fingerprint density at radius 1 is 0.957 bits per heavy atom. The zero-order valence-electron chi connectivity index (χ0n) is 26.1. The Balaban J connectivity index is 1.20. The molecule has 2 saturated heterocycles. The van der Waals surface area contributed by atoms with Gasteiger partial charge in [0.25, 0.3) is 0 Å². The van der Waals surface area contributed by atoms with E-state index < -0.39 is 18.7 Å². The van der Waals surface area contributed by atoms with Crippen molar-refractivity contribution in [3.63, 3.8) is 0 Å². The van der Waals surface area contributed by atoms with E-state index in [0.717, 1.165) is 28.3 Å². The molecule has 1 N–H and O–H groups in total. The van der Waals surface area contributed by atoms with Gasteiger partial charge < -0.3 is 33.7 Å². The van der Waals surface area contributed by atoms with E-state index in [1.807, 2.05) is 97.2 Å². The summed E-state index contributed by atoms with van der Waals surface area (Å²) >= 11 is 0. The lowest BCUT2D eigenvalue weighted by Gasteiger charge is -2.49. The number of anilines is 2. The predicted molar refractivity (Wildman–Crippen MR) is 172 cm³/mol. The van der Waals surface area contributed by atoms with E-state index >= 15 is 0 Å². The second kappa shape index (κ2) is 13.9. The molecule has 2 fully saturated rings. The molecule has 2 aromatic heterocycles. The van der Waals surface area contributed by atoms with Crippen LogP contribution in [0.4, 0.5) is 11.5 Å². The Labute approximate surface area is 272 Å². The molecule has 11 nitrogen and oxygen atoms in total. The van der Waals surface area contributed by atoms with E-state index in [-0.39, 0.29) is 18.1 Å². The van der Waals surface area contributed by atoms with Crippen LogP contribution in [0.25, 0.3) is 5.65 Å². The fourth-order valence-electron chi connectivity index (χ4n) is 6.18. The number of nitriles is 1. The number of nitrogens with one attached hydrogen (secondary N) is 1. The molecule has 0 spiro atoms. The number of fused-ring (bicyclic) bond motifs is 2. The van der Waals surface area contributed by atoms with Gasteiger partial charge in [-0.05, 0) is 42.3 Å². The molecular weight excluding hydrogens is 598 g/mol. The lowest BCUT2D eigenvalue weighted by molar-refractivity contribution is -0.355. The van der Waals surface area contributed by atoms with E-state index in [1.54, 1.807) is 18.7 Å². The van der Waals surface area contributed by atoms with E-state index in [1.165, 1.54) is 0 Å². The van der Waals surface area contributed by atoms with Crippen LogP contribution in [-0.4, -0.2) is 60.0 Å². The zero-order valence-corrected chi connectivity index (χ0v) is 26.1. The Morgan fingerprint density at radius 3 is 2.45 bits per heavy atom. The highest BCUT2D eigenvalue weighted by atomic mass is 16.7. The Hall–Kier alpha value is -4.83. The van der Waals surface area contributed by atoms with Gasteiger partial charge in [0, 0.05) is 36.2 Å². The van der Waals surface area contributed by atoms with Crippen LogP contribution in [0.2, 0.25) is 0 Å². The molecule has 2 aliphatic heterocycles. The molecule has 0 saturated carbocycles. The molecule has 6 atom stereocenters. The number of aromatic nitrogens is 3. The van der Waals surface area contributed by atoms with Gasteiger partial charge in [-0.15, -0.1) is 5.10 Å². The van der Waals surface area contributed by atoms with Crippen LogP contribution in [-0.2, 0) is 36.7 Å². The fourth-order valence-corrected chi connectivity index (χ4v) is 6.18. The molecule has 3 aromatic carbocycles. The fraction of sp³-hybridized carbons (Fsp3) is 0.306. The maximum Gasteiger partial charge on any atom is 0.184 e. The van der Waals surface area contributed by atoms with Gasteiger partial charge in [0.1, 0.15) is 29.6 Å². The van der Waals surface area contributed by atoms with E-state index in [0.29, 0.717) is 36.7 Å². The number of methoxy groups -OCH3 is 2. The molecule has 2 aliphatic rings. The molecule has 0 aliphatic carbocycles. The van der Waals surface area contributed by atoms with Gasteiger partial charge in [-0.2, -0.15) is 5.26 Å². The lowest BCUT2D eigenvalue weighted by Crippen LogP contribution is -2.60. The summed E-state index contributed by atoms with van der Waals surface area (Å²) in [5, 5.41) is 18.0. The van der Waals surface area contributed by atoms with Crippen molar-refractivity contribution < 1.29 is 28.4 Å². The number of nitrogens with zero attached hydrogens (tertiary/aromatic N) is 4. The Kier molecular flexibility index (Phi) is 9.10. The SMILES string of the molecule is COc1ccc(Nc2nn3ccc(C[C@H]4[C@H](OCc5ccccc5)[C@@H](OC)O[C@@H]5CO[C@@H](c6ccccc6)O[C@@H]45)nc3c2C#N)cc1. The third kappa shape index (κ3) is 6.55. The van der Waals surface area contributed by atoms with Crippen LogP contribution < -0.4 is 10.1 Å². The summed E-state index contributed by atoms with van der Waals surface area (Å²) < 4.78 is 38.5. The van der Waals surface area contributed by atoms with E-state index in [9.17, 15) is 5.26 Å². The third-order valence-corrected chi connectivity index (χ3v) is 8.52. The lowest BCUT2D eigenvalue weighted by atomic mass is 9.84. The van der Waals surface area contributed by atoms with Gasteiger partial charge in [0.05, 0.1) is 26.4 Å². The quantitative estimate of drug-likeness (QED) is 0.209. The van der Waals surface area contributed by atoms with Crippen molar-refractivity contribution in [3.8, 4) is 11.8 Å². The highest BCUT2D eigenvalue weighted by Gasteiger charge is 2.50. The first-order valence-electron chi connectivity index (χ1n) is 15.5. The Morgan fingerprint density at radius 2 is 1.72 bits per heavy atom. The van der Waals surface area contributed by atoms with Gasteiger partial charge in [0.2, 0.25) is 0 Å². The van der Waals surface area contributed by atoms with Gasteiger partial charge in [0.15, 0.2) is 24.0 Å². The molecule has 5 aromatic rings. The van der Waals surface area contributed by atoms with Crippen LogP contribution in [0, 0.1) is 17.2 Å². The highest BCUT2D eigenvalue weighted by molar-refractivity contribution is 5.72. The maximum atomic E-state index is 10.2. The first-order chi connectivity index (χ1) is 23.1. The van der Waals surface area contributed by atoms with Gasteiger partial charge in [-0.25, -0.2) is 9.50 Å². The average molecular weight is 634 g/mol. The number of ether oxygens (including phenoxy) is 6. The molecule has 7 rings (SSSR count). The van der Waals surface area contributed by atoms with Crippen LogP contribution in [0.3, 0.4) is 0 Å². The first-order valence-corrected chi connectivity index (χ1v) is 15.5. The van der Waals surface area contributed by atoms with Crippen molar-refractivity contribution in [1.29, 1.82) is 5.26 Å². The minimum absolute atomic E-state index is 0.224. The standard InChI is InChI=1S/C36H35N5O6/c1-42-27-15-13-25(14-16-27)38-33-29(20-37)34-39-26(17-18-41(34)40-33)19-28-31-30(22-45-35(47-31)24-11-7-4-8-12-24)46-36(43-2)32(28)44-21-23-9-5-3-6-10-23/h3-18,28,30-32,35-36H,19,21-22H2,1-2H3,(H,38,40)/t28-,30-,31+,32+,35-,36+/m1/s1. The maximum absolute atomic E-state index is 10.2. The third-order valence-electron chi connectivity index (χ3n) is 8.52. The summed E-state index contributed by atoms with van der Waals surface area (Å²) in [6, 6.07) is 31.5. The van der Waals surface area contributed by atoms with Crippen LogP contribution in [0.1, 0.15) is 28.7 Å². The number of hydrogen-bond acceptors (Lipinski definition) is 10. The number of rotatable bonds is 10.